The van der Waals surface area contributed by atoms with Crippen molar-refractivity contribution in [1.82, 2.24) is 0 Å². The third kappa shape index (κ3) is 1.03. The van der Waals surface area contributed by atoms with Crippen LogP contribution in [0.5, 0.6) is 0 Å². The van der Waals surface area contributed by atoms with Crippen LogP contribution in [0.4, 0.5) is 0 Å². The van der Waals surface area contributed by atoms with Crippen LogP contribution in [-0.4, -0.2) is 5.78 Å². The molecule has 0 saturated heterocycles. The van der Waals surface area contributed by atoms with Gasteiger partial charge in [-0.15, -0.1) is 0 Å². The predicted octanol–water partition coefficient (Wildman–Crippen LogP) is 2.42. The van der Waals surface area contributed by atoms with Crippen molar-refractivity contribution in [3.05, 3.63) is 12.2 Å². The summed E-state index contributed by atoms with van der Waals surface area (Å²) in [7, 11) is 0. The van der Waals surface area contributed by atoms with Crippen LogP contribution in [0.15, 0.2) is 12.2 Å². The molecule has 0 unspecified atom stereocenters. The Labute approximate surface area is 68.5 Å². The fraction of sp³-hybridized carbons (Fsp3) is 0.700. The lowest BCUT2D eigenvalue weighted by Gasteiger charge is -2.31. The summed E-state index contributed by atoms with van der Waals surface area (Å²) in [5, 5.41) is 0. The van der Waals surface area contributed by atoms with Crippen molar-refractivity contribution in [2.75, 3.05) is 0 Å². The number of hydrogen-bond donors (Lipinski definition) is 0. The SMILES string of the molecule is CC(C)[C@]1(C)C(=O)C=C[C@H]1C. The first-order valence-electron chi connectivity index (χ1n) is 4.22. The third-order valence-electron chi connectivity index (χ3n) is 3.21. The molecule has 0 radical (unpaired) electrons. The van der Waals surface area contributed by atoms with Gasteiger partial charge in [0.05, 0.1) is 0 Å². The van der Waals surface area contributed by atoms with E-state index in [0.717, 1.165) is 0 Å². The van der Waals surface area contributed by atoms with Crippen LogP contribution in [0, 0.1) is 17.3 Å². The standard InChI is InChI=1S/C10H16O/c1-7(2)10(4)8(3)5-6-9(10)11/h5-8H,1-4H3/t8-,10+/m1/s1. The Morgan fingerprint density at radius 2 is 2.09 bits per heavy atom. The lowest BCUT2D eigenvalue weighted by atomic mass is 9.71. The van der Waals surface area contributed by atoms with Crippen LogP contribution in [-0.2, 0) is 4.79 Å². The zero-order valence-corrected chi connectivity index (χ0v) is 7.72. The minimum atomic E-state index is -0.139. The molecule has 62 valence electrons. The molecule has 0 fully saturated rings. The Hall–Kier alpha value is -0.590. The Bertz CT molecular complexity index is 203. The number of allylic oxidation sites excluding steroid dienone is 2. The second-order valence-electron chi connectivity index (χ2n) is 3.95. The molecule has 1 aliphatic carbocycles. The summed E-state index contributed by atoms with van der Waals surface area (Å²) in [4.78, 5) is 11.5. The lowest BCUT2D eigenvalue weighted by Crippen LogP contribution is -2.33. The molecule has 1 heteroatoms. The van der Waals surface area contributed by atoms with Gasteiger partial charge >= 0.3 is 0 Å². The Kier molecular flexibility index (Phi) is 1.91. The molecular weight excluding hydrogens is 136 g/mol. The molecular formula is C10H16O. The van der Waals surface area contributed by atoms with Gasteiger partial charge in [0.1, 0.15) is 0 Å². The van der Waals surface area contributed by atoms with Gasteiger partial charge in [-0.3, -0.25) is 4.79 Å². The van der Waals surface area contributed by atoms with Crippen molar-refractivity contribution < 1.29 is 4.79 Å². The van der Waals surface area contributed by atoms with E-state index >= 15 is 0 Å². The Balaban J connectivity index is 2.94. The highest BCUT2D eigenvalue weighted by Crippen LogP contribution is 2.41. The molecule has 0 aromatic rings. The molecule has 1 aliphatic rings. The first-order valence-corrected chi connectivity index (χ1v) is 4.22. The maximum Gasteiger partial charge on any atom is 0.162 e. The minimum absolute atomic E-state index is 0.139. The van der Waals surface area contributed by atoms with Gasteiger partial charge in [0.25, 0.3) is 0 Å². The molecule has 0 heterocycles. The van der Waals surface area contributed by atoms with E-state index in [9.17, 15) is 4.79 Å². The van der Waals surface area contributed by atoms with Crippen molar-refractivity contribution in [1.29, 1.82) is 0 Å². The molecule has 0 spiro atoms. The molecule has 0 saturated carbocycles. The van der Waals surface area contributed by atoms with Gasteiger partial charge in [-0.2, -0.15) is 0 Å². The second kappa shape index (κ2) is 2.47. The van der Waals surface area contributed by atoms with Gasteiger partial charge in [0.15, 0.2) is 5.78 Å². The first-order chi connectivity index (χ1) is 4.99. The molecule has 0 aliphatic heterocycles. The smallest absolute Gasteiger partial charge is 0.162 e. The second-order valence-corrected chi connectivity index (χ2v) is 3.95. The van der Waals surface area contributed by atoms with E-state index in [2.05, 4.69) is 27.7 Å². The van der Waals surface area contributed by atoms with Gasteiger partial charge in [0, 0.05) is 5.41 Å². The number of carbonyl (C=O) groups is 1. The van der Waals surface area contributed by atoms with Gasteiger partial charge in [-0.05, 0) is 17.9 Å². The van der Waals surface area contributed by atoms with E-state index < -0.39 is 0 Å². The molecule has 2 atom stereocenters. The predicted molar refractivity (Wildman–Crippen MR) is 46.3 cm³/mol. The summed E-state index contributed by atoms with van der Waals surface area (Å²) < 4.78 is 0. The minimum Gasteiger partial charge on any atom is -0.294 e. The molecule has 11 heavy (non-hydrogen) atoms. The molecule has 0 amide bonds. The summed E-state index contributed by atoms with van der Waals surface area (Å²) in [5.41, 5.74) is -0.139. The highest BCUT2D eigenvalue weighted by molar-refractivity contribution is 5.97. The Morgan fingerprint density at radius 3 is 2.27 bits per heavy atom. The van der Waals surface area contributed by atoms with Gasteiger partial charge in [-0.1, -0.05) is 33.8 Å². The van der Waals surface area contributed by atoms with E-state index in [1.807, 2.05) is 6.08 Å². The average Bonchev–Trinajstić information content (AvgIpc) is 2.18. The number of carbonyl (C=O) groups excluding carboxylic acids is 1. The maximum absolute atomic E-state index is 11.5. The molecule has 1 nitrogen and oxygen atoms in total. The molecule has 0 N–H and O–H groups in total. The summed E-state index contributed by atoms with van der Waals surface area (Å²) in [6.07, 6.45) is 3.74. The lowest BCUT2D eigenvalue weighted by molar-refractivity contribution is -0.125. The van der Waals surface area contributed by atoms with Crippen LogP contribution in [0.2, 0.25) is 0 Å². The van der Waals surface area contributed by atoms with Crippen LogP contribution in [0.25, 0.3) is 0 Å². The molecule has 0 aromatic carbocycles. The quantitative estimate of drug-likeness (QED) is 0.564. The summed E-state index contributed by atoms with van der Waals surface area (Å²) in [5.74, 6) is 1.12. The first kappa shape index (κ1) is 8.51. The number of rotatable bonds is 1. The highest BCUT2D eigenvalue weighted by Gasteiger charge is 2.42. The van der Waals surface area contributed by atoms with Crippen molar-refractivity contribution in [2.45, 2.75) is 27.7 Å². The largest absolute Gasteiger partial charge is 0.294 e. The maximum atomic E-state index is 11.5. The normalized spacial score (nSPS) is 37.2. The summed E-state index contributed by atoms with van der Waals surface area (Å²) in [6, 6.07) is 0. The van der Waals surface area contributed by atoms with E-state index in [1.165, 1.54) is 0 Å². The van der Waals surface area contributed by atoms with Crippen molar-refractivity contribution in [3.8, 4) is 0 Å². The van der Waals surface area contributed by atoms with Crippen molar-refractivity contribution in [2.24, 2.45) is 17.3 Å². The molecule has 0 aromatic heterocycles. The van der Waals surface area contributed by atoms with Gasteiger partial charge in [-0.25, -0.2) is 0 Å². The van der Waals surface area contributed by atoms with Crippen LogP contribution in [0.3, 0.4) is 0 Å². The number of ketones is 1. The van der Waals surface area contributed by atoms with E-state index in [0.29, 0.717) is 17.6 Å². The molecule has 0 bridgehead atoms. The summed E-state index contributed by atoms with van der Waals surface area (Å²) >= 11 is 0. The average molecular weight is 152 g/mol. The van der Waals surface area contributed by atoms with Gasteiger partial charge in [0.2, 0.25) is 0 Å². The van der Waals surface area contributed by atoms with E-state index in [4.69, 9.17) is 0 Å². The van der Waals surface area contributed by atoms with Crippen LogP contribution < -0.4 is 0 Å². The monoisotopic (exact) mass is 152 g/mol. The third-order valence-corrected chi connectivity index (χ3v) is 3.21. The van der Waals surface area contributed by atoms with Crippen molar-refractivity contribution >= 4 is 5.78 Å². The van der Waals surface area contributed by atoms with Gasteiger partial charge < -0.3 is 0 Å². The zero-order chi connectivity index (χ0) is 8.65. The summed E-state index contributed by atoms with van der Waals surface area (Å²) in [6.45, 7) is 8.40. The Morgan fingerprint density at radius 1 is 1.55 bits per heavy atom. The van der Waals surface area contributed by atoms with Crippen LogP contribution in [0.1, 0.15) is 27.7 Å². The fourth-order valence-corrected chi connectivity index (χ4v) is 1.65. The van der Waals surface area contributed by atoms with E-state index in [1.54, 1.807) is 6.08 Å². The van der Waals surface area contributed by atoms with Crippen LogP contribution >= 0.6 is 0 Å². The number of hydrogen-bond acceptors (Lipinski definition) is 1. The van der Waals surface area contributed by atoms with E-state index in [-0.39, 0.29) is 5.41 Å². The fourth-order valence-electron chi connectivity index (χ4n) is 1.65. The molecule has 1 rings (SSSR count). The van der Waals surface area contributed by atoms with Crippen molar-refractivity contribution in [3.63, 3.8) is 0 Å². The highest BCUT2D eigenvalue weighted by atomic mass is 16.1. The zero-order valence-electron chi connectivity index (χ0n) is 7.72. The topological polar surface area (TPSA) is 17.1 Å².